The van der Waals surface area contributed by atoms with Gasteiger partial charge in [-0.3, -0.25) is 9.48 Å². The fraction of sp³-hybridized carbons (Fsp3) is 0.263. The summed E-state index contributed by atoms with van der Waals surface area (Å²) in [5, 5.41) is 16.5. The molecule has 0 radical (unpaired) electrons. The Hall–Kier alpha value is -2.86. The van der Waals surface area contributed by atoms with Gasteiger partial charge in [-0.25, -0.2) is 0 Å². The minimum atomic E-state index is -0.177. The molecule has 130 valence electrons. The van der Waals surface area contributed by atoms with E-state index in [1.54, 1.807) is 10.9 Å². The van der Waals surface area contributed by atoms with Crippen LogP contribution in [-0.4, -0.2) is 32.0 Å². The molecule has 0 aliphatic heterocycles. The zero-order valence-corrected chi connectivity index (χ0v) is 14.2. The first kappa shape index (κ1) is 17.0. The molecular weight excluding hydrogens is 316 g/mol. The minimum Gasteiger partial charge on any atom is -0.396 e. The molecule has 1 unspecified atom stereocenters. The van der Waals surface area contributed by atoms with Crippen molar-refractivity contribution in [1.29, 1.82) is 0 Å². The lowest BCUT2D eigenvalue weighted by molar-refractivity contribution is 0.0932. The van der Waals surface area contributed by atoms with Crippen molar-refractivity contribution >= 4 is 5.91 Å². The molecule has 0 bridgehead atoms. The van der Waals surface area contributed by atoms with Gasteiger partial charge in [0.1, 0.15) is 11.4 Å². The normalized spacial score (nSPS) is 12.1. The summed E-state index contributed by atoms with van der Waals surface area (Å²) in [4.78, 5) is 12.9. The van der Waals surface area contributed by atoms with Crippen LogP contribution in [0.3, 0.4) is 0 Å². The van der Waals surface area contributed by atoms with E-state index in [9.17, 15) is 4.79 Å². The number of benzene rings is 1. The standard InChI is InChI=1S/C19H22N4O2/c1-22-19(23-11-5-6-12-23)16(14-20-22)18(25)21-17(10-7-13-24)15-8-3-2-4-9-15/h2-6,8-9,11-12,14,17,24H,7,10,13H2,1H3,(H,21,25). The molecule has 2 aromatic heterocycles. The van der Waals surface area contributed by atoms with Crippen molar-refractivity contribution in [1.82, 2.24) is 19.7 Å². The lowest BCUT2D eigenvalue weighted by Gasteiger charge is -2.19. The van der Waals surface area contributed by atoms with Gasteiger partial charge in [0, 0.05) is 26.0 Å². The smallest absolute Gasteiger partial charge is 0.257 e. The molecule has 0 spiro atoms. The average Bonchev–Trinajstić information content (AvgIpc) is 3.28. The van der Waals surface area contributed by atoms with Gasteiger partial charge in [0.05, 0.1) is 12.2 Å². The first-order valence-electron chi connectivity index (χ1n) is 8.32. The van der Waals surface area contributed by atoms with Gasteiger partial charge in [-0.05, 0) is 30.5 Å². The maximum absolute atomic E-state index is 12.9. The second-order valence-corrected chi connectivity index (χ2v) is 5.90. The van der Waals surface area contributed by atoms with Gasteiger partial charge < -0.3 is 15.0 Å². The van der Waals surface area contributed by atoms with E-state index >= 15 is 0 Å². The summed E-state index contributed by atoms with van der Waals surface area (Å²) >= 11 is 0. The molecule has 2 heterocycles. The van der Waals surface area contributed by atoms with Crippen LogP contribution in [0, 0.1) is 0 Å². The van der Waals surface area contributed by atoms with Gasteiger partial charge in [0.25, 0.3) is 5.91 Å². The van der Waals surface area contributed by atoms with E-state index in [1.807, 2.05) is 66.5 Å². The number of aromatic nitrogens is 3. The number of carbonyl (C=O) groups is 1. The monoisotopic (exact) mass is 338 g/mol. The molecule has 2 N–H and O–H groups in total. The van der Waals surface area contributed by atoms with Crippen LogP contribution in [0.15, 0.2) is 61.1 Å². The van der Waals surface area contributed by atoms with E-state index in [0.29, 0.717) is 18.4 Å². The van der Waals surface area contributed by atoms with Gasteiger partial charge in [-0.2, -0.15) is 5.10 Å². The van der Waals surface area contributed by atoms with E-state index in [2.05, 4.69) is 10.4 Å². The number of nitrogens with one attached hydrogen (secondary N) is 1. The maximum Gasteiger partial charge on any atom is 0.257 e. The van der Waals surface area contributed by atoms with E-state index in [1.165, 1.54) is 0 Å². The van der Waals surface area contributed by atoms with Crippen LogP contribution >= 0.6 is 0 Å². The second kappa shape index (κ2) is 7.81. The first-order valence-corrected chi connectivity index (χ1v) is 8.32. The molecule has 3 aromatic rings. The predicted molar refractivity (Wildman–Crippen MR) is 95.5 cm³/mol. The van der Waals surface area contributed by atoms with Gasteiger partial charge >= 0.3 is 0 Å². The third kappa shape index (κ3) is 3.80. The summed E-state index contributed by atoms with van der Waals surface area (Å²) in [6, 6.07) is 13.5. The Balaban J connectivity index is 1.85. The van der Waals surface area contributed by atoms with Crippen LogP contribution in [0.2, 0.25) is 0 Å². The van der Waals surface area contributed by atoms with Gasteiger partial charge in [0.2, 0.25) is 0 Å². The van der Waals surface area contributed by atoms with Crippen LogP contribution in [-0.2, 0) is 7.05 Å². The fourth-order valence-electron chi connectivity index (χ4n) is 2.91. The van der Waals surface area contributed by atoms with Crippen LogP contribution in [0.4, 0.5) is 0 Å². The molecule has 0 saturated carbocycles. The molecule has 0 aliphatic carbocycles. The summed E-state index contributed by atoms with van der Waals surface area (Å²) in [5.74, 6) is 0.542. The Kier molecular flexibility index (Phi) is 5.30. The zero-order chi connectivity index (χ0) is 17.6. The third-order valence-electron chi connectivity index (χ3n) is 4.16. The number of aryl methyl sites for hydroxylation is 1. The highest BCUT2D eigenvalue weighted by atomic mass is 16.3. The minimum absolute atomic E-state index is 0.0979. The maximum atomic E-state index is 12.9. The van der Waals surface area contributed by atoms with Crippen molar-refractivity contribution in [3.8, 4) is 5.82 Å². The number of carbonyl (C=O) groups excluding carboxylic acids is 1. The Morgan fingerprint density at radius 2 is 1.92 bits per heavy atom. The van der Waals surface area contributed by atoms with E-state index in [4.69, 9.17) is 5.11 Å². The lowest BCUT2D eigenvalue weighted by atomic mass is 10.0. The number of amides is 1. The third-order valence-corrected chi connectivity index (χ3v) is 4.16. The number of rotatable bonds is 7. The zero-order valence-electron chi connectivity index (χ0n) is 14.2. The van der Waals surface area contributed by atoms with Crippen molar-refractivity contribution in [2.75, 3.05) is 6.61 Å². The first-order chi connectivity index (χ1) is 12.2. The fourth-order valence-corrected chi connectivity index (χ4v) is 2.91. The summed E-state index contributed by atoms with van der Waals surface area (Å²) in [7, 11) is 1.81. The highest BCUT2D eigenvalue weighted by Gasteiger charge is 2.21. The van der Waals surface area contributed by atoms with E-state index < -0.39 is 0 Å². The number of hydrogen-bond acceptors (Lipinski definition) is 3. The molecule has 0 aliphatic rings. The van der Waals surface area contributed by atoms with Crippen LogP contribution in [0.25, 0.3) is 5.82 Å². The number of aliphatic hydroxyl groups is 1. The topological polar surface area (TPSA) is 72.1 Å². The summed E-state index contributed by atoms with van der Waals surface area (Å²) in [6.07, 6.45) is 6.64. The summed E-state index contributed by atoms with van der Waals surface area (Å²) < 4.78 is 3.55. The SMILES string of the molecule is Cn1ncc(C(=O)NC(CCCO)c2ccccc2)c1-n1cccc1. The molecule has 3 rings (SSSR count). The van der Waals surface area contributed by atoms with E-state index in [-0.39, 0.29) is 18.6 Å². The summed E-state index contributed by atoms with van der Waals surface area (Å²) in [6.45, 7) is 0.0979. The molecule has 6 nitrogen and oxygen atoms in total. The Bertz CT molecular complexity index is 809. The van der Waals surface area contributed by atoms with E-state index in [0.717, 1.165) is 11.4 Å². The number of hydrogen-bond donors (Lipinski definition) is 2. The molecule has 1 aromatic carbocycles. The molecule has 0 saturated heterocycles. The van der Waals surface area contributed by atoms with Crippen molar-refractivity contribution in [3.05, 3.63) is 72.2 Å². The molecular formula is C19H22N4O2. The van der Waals surface area contributed by atoms with Crippen LogP contribution in [0.5, 0.6) is 0 Å². The number of aliphatic hydroxyl groups excluding tert-OH is 1. The lowest BCUT2D eigenvalue weighted by Crippen LogP contribution is -2.29. The molecule has 1 atom stereocenters. The quantitative estimate of drug-likeness (QED) is 0.695. The highest BCUT2D eigenvalue weighted by molar-refractivity contribution is 5.97. The van der Waals surface area contributed by atoms with Crippen molar-refractivity contribution in [2.24, 2.45) is 7.05 Å². The second-order valence-electron chi connectivity index (χ2n) is 5.90. The average molecular weight is 338 g/mol. The van der Waals surface area contributed by atoms with Crippen LogP contribution in [0.1, 0.15) is 34.8 Å². The predicted octanol–water partition coefficient (Wildman–Crippen LogP) is 2.45. The largest absolute Gasteiger partial charge is 0.396 e. The van der Waals surface area contributed by atoms with Crippen LogP contribution < -0.4 is 5.32 Å². The van der Waals surface area contributed by atoms with Gasteiger partial charge in [0.15, 0.2) is 0 Å². The molecule has 1 amide bonds. The number of nitrogens with zero attached hydrogens (tertiary/aromatic N) is 3. The van der Waals surface area contributed by atoms with Crippen molar-refractivity contribution < 1.29 is 9.90 Å². The van der Waals surface area contributed by atoms with Gasteiger partial charge in [-0.15, -0.1) is 0 Å². The Morgan fingerprint density at radius 3 is 2.60 bits per heavy atom. The molecule has 6 heteroatoms. The highest BCUT2D eigenvalue weighted by Crippen LogP contribution is 2.20. The molecule has 25 heavy (non-hydrogen) atoms. The molecule has 0 fully saturated rings. The summed E-state index contributed by atoms with van der Waals surface area (Å²) in [5.41, 5.74) is 1.54. The Labute approximate surface area is 146 Å². The van der Waals surface area contributed by atoms with Crippen molar-refractivity contribution in [3.63, 3.8) is 0 Å². The van der Waals surface area contributed by atoms with Crippen molar-refractivity contribution in [2.45, 2.75) is 18.9 Å². The Morgan fingerprint density at radius 1 is 1.20 bits per heavy atom. The van der Waals surface area contributed by atoms with Gasteiger partial charge in [-0.1, -0.05) is 30.3 Å².